The van der Waals surface area contributed by atoms with Crippen LogP contribution in [0.25, 0.3) is 22.7 Å². The van der Waals surface area contributed by atoms with Crippen LogP contribution in [0.3, 0.4) is 0 Å². The van der Waals surface area contributed by atoms with E-state index in [4.69, 9.17) is 11.6 Å². The fraction of sp³-hybridized carbons (Fsp3) is 0.125. The van der Waals surface area contributed by atoms with Gasteiger partial charge in [-0.1, -0.05) is 17.7 Å². The van der Waals surface area contributed by atoms with Crippen molar-refractivity contribution in [3.05, 3.63) is 92.5 Å². The summed E-state index contributed by atoms with van der Waals surface area (Å²) in [6, 6.07) is 14.2. The van der Waals surface area contributed by atoms with Crippen molar-refractivity contribution in [1.82, 2.24) is 29.5 Å². The van der Waals surface area contributed by atoms with Gasteiger partial charge in [0.2, 0.25) is 5.95 Å². The first-order valence-corrected chi connectivity index (χ1v) is 10.9. The van der Waals surface area contributed by atoms with Crippen LogP contribution in [0.5, 0.6) is 0 Å². The Morgan fingerprint density at radius 1 is 1.00 bits per heavy atom. The van der Waals surface area contributed by atoms with Gasteiger partial charge in [-0.05, 0) is 68.3 Å². The first-order chi connectivity index (χ1) is 16.3. The number of H-pyrrole nitrogens is 1. The van der Waals surface area contributed by atoms with E-state index >= 15 is 0 Å². The van der Waals surface area contributed by atoms with Gasteiger partial charge in [-0.25, -0.2) is 4.68 Å². The van der Waals surface area contributed by atoms with Gasteiger partial charge in [-0.3, -0.25) is 14.6 Å². The number of halogens is 1. The summed E-state index contributed by atoms with van der Waals surface area (Å²) in [6.07, 6.45) is 1.45. The van der Waals surface area contributed by atoms with E-state index in [9.17, 15) is 9.59 Å². The molecule has 0 atom stereocenters. The van der Waals surface area contributed by atoms with Crippen molar-refractivity contribution in [2.24, 2.45) is 0 Å². The Labute approximate surface area is 199 Å². The van der Waals surface area contributed by atoms with Crippen LogP contribution < -0.4 is 10.9 Å². The molecule has 0 aliphatic rings. The second-order valence-electron chi connectivity index (χ2n) is 8.00. The second kappa shape index (κ2) is 8.27. The molecule has 1 amide bonds. The van der Waals surface area contributed by atoms with E-state index in [2.05, 4.69) is 25.5 Å². The highest BCUT2D eigenvalue weighted by molar-refractivity contribution is 6.30. The van der Waals surface area contributed by atoms with Gasteiger partial charge in [0.25, 0.3) is 11.5 Å². The summed E-state index contributed by atoms with van der Waals surface area (Å²) < 4.78 is 2.95. The second-order valence-corrected chi connectivity index (χ2v) is 8.43. The van der Waals surface area contributed by atoms with Gasteiger partial charge in [0.05, 0.1) is 17.6 Å². The Bertz CT molecular complexity index is 1610. The zero-order chi connectivity index (χ0) is 24.0. The average Bonchev–Trinajstić information content (AvgIpc) is 3.39. The molecule has 2 N–H and O–H groups in total. The van der Waals surface area contributed by atoms with Gasteiger partial charge in [0.1, 0.15) is 11.2 Å². The van der Waals surface area contributed by atoms with Gasteiger partial charge < -0.3 is 5.32 Å². The molecule has 0 spiro atoms. The van der Waals surface area contributed by atoms with Gasteiger partial charge >= 0.3 is 0 Å². The lowest BCUT2D eigenvalue weighted by atomic mass is 10.1. The maximum Gasteiger partial charge on any atom is 0.263 e. The monoisotopic (exact) mass is 473 g/mol. The van der Waals surface area contributed by atoms with Crippen LogP contribution in [-0.4, -0.2) is 35.4 Å². The quantitative estimate of drug-likeness (QED) is 0.408. The van der Waals surface area contributed by atoms with Crippen molar-refractivity contribution < 1.29 is 4.79 Å². The number of nitrogens with one attached hydrogen (secondary N) is 2. The minimum absolute atomic E-state index is 0.150. The molecule has 34 heavy (non-hydrogen) atoms. The van der Waals surface area contributed by atoms with Crippen molar-refractivity contribution >= 4 is 34.4 Å². The zero-order valence-electron chi connectivity index (χ0n) is 18.6. The van der Waals surface area contributed by atoms with Gasteiger partial charge in [0.15, 0.2) is 5.65 Å². The largest absolute Gasteiger partial charge is 0.306 e. The number of aromatic amines is 1. The van der Waals surface area contributed by atoms with E-state index in [0.717, 1.165) is 11.1 Å². The van der Waals surface area contributed by atoms with Crippen LogP contribution in [0.2, 0.25) is 5.02 Å². The van der Waals surface area contributed by atoms with Gasteiger partial charge in [0, 0.05) is 16.7 Å². The Balaban J connectivity index is 1.57. The number of carbonyl (C=O) groups excluding carboxylic acids is 1. The molecule has 0 aliphatic heterocycles. The molecule has 170 valence electrons. The highest BCUT2D eigenvalue weighted by Gasteiger charge is 2.17. The van der Waals surface area contributed by atoms with E-state index in [1.807, 2.05) is 26.0 Å². The highest BCUT2D eigenvalue weighted by Crippen LogP contribution is 2.20. The third-order valence-corrected chi connectivity index (χ3v) is 5.79. The SMILES string of the molecule is Cc1cc(NC(=O)c2ccc(C)c(C)c2)n(-c2nc3c(cnn3-c3ccc(Cl)cc3)c(=O)[nH]2)n1. The lowest BCUT2D eigenvalue weighted by Crippen LogP contribution is -2.19. The van der Waals surface area contributed by atoms with Crippen LogP contribution in [0, 0.1) is 20.8 Å². The summed E-state index contributed by atoms with van der Waals surface area (Å²) in [5.74, 6) is 0.233. The Hall–Kier alpha value is -4.24. The Morgan fingerprint density at radius 2 is 1.76 bits per heavy atom. The Kier molecular flexibility index (Phi) is 5.25. The maximum absolute atomic E-state index is 12.9. The number of hydrogen-bond acceptors (Lipinski definition) is 5. The first kappa shape index (κ1) is 21.6. The van der Waals surface area contributed by atoms with E-state index in [-0.39, 0.29) is 17.4 Å². The number of carbonyl (C=O) groups is 1. The van der Waals surface area contributed by atoms with Crippen molar-refractivity contribution in [3.8, 4) is 11.6 Å². The number of benzene rings is 2. The first-order valence-electron chi connectivity index (χ1n) is 10.5. The summed E-state index contributed by atoms with van der Waals surface area (Å²) in [4.78, 5) is 33.0. The number of nitrogens with zero attached hydrogens (tertiary/aromatic N) is 5. The minimum Gasteiger partial charge on any atom is -0.306 e. The number of amides is 1. The minimum atomic E-state index is -0.375. The van der Waals surface area contributed by atoms with Crippen molar-refractivity contribution in [2.45, 2.75) is 20.8 Å². The number of aromatic nitrogens is 6. The van der Waals surface area contributed by atoms with Crippen molar-refractivity contribution in [1.29, 1.82) is 0 Å². The molecule has 0 unspecified atom stereocenters. The Morgan fingerprint density at radius 3 is 2.50 bits per heavy atom. The summed E-state index contributed by atoms with van der Waals surface area (Å²) in [5.41, 5.74) is 3.95. The van der Waals surface area contributed by atoms with Crippen LogP contribution in [0.1, 0.15) is 27.2 Å². The molecule has 0 fully saturated rings. The molecule has 3 heterocycles. The van der Waals surface area contributed by atoms with Crippen LogP contribution >= 0.6 is 11.6 Å². The van der Waals surface area contributed by atoms with Crippen molar-refractivity contribution in [3.63, 3.8) is 0 Å². The smallest absolute Gasteiger partial charge is 0.263 e. The molecule has 0 radical (unpaired) electrons. The van der Waals surface area contributed by atoms with E-state index in [1.54, 1.807) is 48.0 Å². The molecular formula is C24H20ClN7O2. The fourth-order valence-corrected chi connectivity index (χ4v) is 3.73. The molecular weight excluding hydrogens is 454 g/mol. The van der Waals surface area contributed by atoms with Crippen LogP contribution in [0.15, 0.2) is 59.5 Å². The lowest BCUT2D eigenvalue weighted by Gasteiger charge is -2.10. The maximum atomic E-state index is 12.9. The molecule has 9 nitrogen and oxygen atoms in total. The standard InChI is InChI=1S/C24H20ClN7O2/c1-13-4-5-16(10-14(13)2)22(33)27-20-11-15(3)30-32(20)24-28-21-19(23(34)29-24)12-26-31(21)18-8-6-17(25)7-9-18/h4-12H,1-3H3,(H,27,33)(H,28,29,34). The summed E-state index contributed by atoms with van der Waals surface area (Å²) in [7, 11) is 0. The fourth-order valence-electron chi connectivity index (χ4n) is 3.60. The number of hydrogen-bond donors (Lipinski definition) is 2. The van der Waals surface area contributed by atoms with Crippen LogP contribution in [0.4, 0.5) is 5.82 Å². The molecule has 0 bridgehead atoms. The average molecular weight is 474 g/mol. The number of rotatable bonds is 4. The third kappa shape index (κ3) is 3.86. The highest BCUT2D eigenvalue weighted by atomic mass is 35.5. The van der Waals surface area contributed by atoms with E-state index in [0.29, 0.717) is 38.8 Å². The van der Waals surface area contributed by atoms with Crippen molar-refractivity contribution in [2.75, 3.05) is 5.32 Å². The summed E-state index contributed by atoms with van der Waals surface area (Å²) in [5, 5.41) is 12.5. The molecule has 10 heteroatoms. The molecule has 0 saturated carbocycles. The van der Waals surface area contributed by atoms with E-state index in [1.165, 1.54) is 10.9 Å². The molecule has 5 aromatic rings. The molecule has 5 rings (SSSR count). The predicted molar refractivity (Wildman–Crippen MR) is 130 cm³/mol. The third-order valence-electron chi connectivity index (χ3n) is 5.54. The van der Waals surface area contributed by atoms with Gasteiger partial charge in [-0.15, -0.1) is 0 Å². The molecule has 0 aliphatic carbocycles. The molecule has 3 aromatic heterocycles. The lowest BCUT2D eigenvalue weighted by molar-refractivity contribution is 0.102. The number of anilines is 1. The predicted octanol–water partition coefficient (Wildman–Crippen LogP) is 4.13. The van der Waals surface area contributed by atoms with Crippen LogP contribution in [-0.2, 0) is 0 Å². The zero-order valence-corrected chi connectivity index (χ0v) is 19.4. The topological polar surface area (TPSA) is 110 Å². The molecule has 0 saturated heterocycles. The van der Waals surface area contributed by atoms with Gasteiger partial charge in [-0.2, -0.15) is 19.9 Å². The van der Waals surface area contributed by atoms with E-state index < -0.39 is 0 Å². The summed E-state index contributed by atoms with van der Waals surface area (Å²) in [6.45, 7) is 5.73. The molecule has 2 aromatic carbocycles. The number of fused-ring (bicyclic) bond motifs is 1. The normalized spacial score (nSPS) is 11.2. The number of aryl methyl sites for hydroxylation is 3. The summed E-state index contributed by atoms with van der Waals surface area (Å²) >= 11 is 6.00.